The molecule has 0 atom stereocenters. The highest BCUT2D eigenvalue weighted by atomic mass is 35.5. The molecule has 19 heavy (non-hydrogen) atoms. The van der Waals surface area contributed by atoms with Crippen molar-refractivity contribution in [2.75, 3.05) is 0 Å². The van der Waals surface area contributed by atoms with Crippen molar-refractivity contribution in [3.63, 3.8) is 0 Å². The van der Waals surface area contributed by atoms with Crippen molar-refractivity contribution in [2.45, 2.75) is 42.9 Å². The lowest BCUT2D eigenvalue weighted by atomic mass is 10.1. The zero-order chi connectivity index (χ0) is 13.9. The third-order valence-electron chi connectivity index (χ3n) is 2.44. The Morgan fingerprint density at radius 2 is 2.16 bits per heavy atom. The largest absolute Gasteiger partial charge is 0.308 e. The molecule has 0 bridgehead atoms. The van der Waals surface area contributed by atoms with Crippen LogP contribution in [0, 0.1) is 0 Å². The molecule has 6 heteroatoms. The number of aromatic amines is 1. The van der Waals surface area contributed by atoms with Crippen LogP contribution in [0.4, 0.5) is 0 Å². The molecule has 0 aliphatic carbocycles. The van der Waals surface area contributed by atoms with Gasteiger partial charge in [0.25, 0.3) is 0 Å². The third kappa shape index (κ3) is 4.53. The summed E-state index contributed by atoms with van der Waals surface area (Å²) in [6.07, 6.45) is 1.49. The van der Waals surface area contributed by atoms with Crippen molar-refractivity contribution in [2.24, 2.45) is 0 Å². The summed E-state index contributed by atoms with van der Waals surface area (Å²) in [5.74, 6) is 0. The molecule has 4 nitrogen and oxygen atoms in total. The fourth-order valence-electron chi connectivity index (χ4n) is 1.45. The molecular weight excluding hydrogens is 280 g/mol. The lowest BCUT2D eigenvalue weighted by molar-refractivity contribution is 0.424. The molecule has 0 unspecified atom stereocenters. The average Bonchev–Trinajstić information content (AvgIpc) is 2.79. The van der Waals surface area contributed by atoms with Gasteiger partial charge in [-0.25, -0.2) is 4.98 Å². The molecule has 0 aliphatic rings. The Morgan fingerprint density at radius 1 is 1.37 bits per heavy atom. The summed E-state index contributed by atoms with van der Waals surface area (Å²) in [4.78, 5) is 5.12. The Hall–Kier alpha value is -1.04. The molecular formula is C13H17ClN4S. The van der Waals surface area contributed by atoms with Gasteiger partial charge in [-0.05, 0) is 38.5 Å². The molecule has 2 aromatic rings. The van der Waals surface area contributed by atoms with Crippen LogP contribution in [-0.4, -0.2) is 20.7 Å². The van der Waals surface area contributed by atoms with Crippen LogP contribution < -0.4 is 5.32 Å². The van der Waals surface area contributed by atoms with Crippen LogP contribution in [-0.2, 0) is 6.54 Å². The quantitative estimate of drug-likeness (QED) is 0.907. The average molecular weight is 297 g/mol. The van der Waals surface area contributed by atoms with Gasteiger partial charge in [0.05, 0.1) is 0 Å². The fourth-order valence-corrected chi connectivity index (χ4v) is 2.50. The van der Waals surface area contributed by atoms with Crippen LogP contribution in [0.3, 0.4) is 0 Å². The minimum atomic E-state index is 0.0799. The summed E-state index contributed by atoms with van der Waals surface area (Å²) in [5.41, 5.74) is 1.18. The van der Waals surface area contributed by atoms with Gasteiger partial charge in [0, 0.05) is 22.0 Å². The third-order valence-corrected chi connectivity index (χ3v) is 3.67. The highest BCUT2D eigenvalue weighted by molar-refractivity contribution is 7.99. The highest BCUT2D eigenvalue weighted by Gasteiger charge is 2.10. The molecule has 2 rings (SSSR count). The van der Waals surface area contributed by atoms with E-state index in [0.29, 0.717) is 0 Å². The first-order valence-corrected chi connectivity index (χ1v) is 7.20. The molecule has 1 aromatic carbocycles. The van der Waals surface area contributed by atoms with E-state index >= 15 is 0 Å². The van der Waals surface area contributed by atoms with Crippen LogP contribution in [0.15, 0.2) is 34.6 Å². The number of rotatable bonds is 4. The lowest BCUT2D eigenvalue weighted by Crippen LogP contribution is -2.35. The molecule has 2 N–H and O–H groups in total. The van der Waals surface area contributed by atoms with Gasteiger partial charge in [0.1, 0.15) is 6.33 Å². The molecule has 0 aliphatic heterocycles. The molecule has 0 radical (unpaired) electrons. The first-order chi connectivity index (χ1) is 8.94. The number of nitrogens with zero attached hydrogens (tertiary/aromatic N) is 2. The van der Waals surface area contributed by atoms with Gasteiger partial charge in [-0.15, -0.1) is 0 Å². The molecule has 0 saturated heterocycles. The van der Waals surface area contributed by atoms with Crippen molar-refractivity contribution >= 4 is 23.4 Å². The number of nitrogens with one attached hydrogen (secondary N) is 2. The van der Waals surface area contributed by atoms with E-state index in [2.05, 4.69) is 41.3 Å². The predicted octanol–water partition coefficient (Wildman–Crippen LogP) is 3.50. The van der Waals surface area contributed by atoms with E-state index in [1.165, 1.54) is 18.1 Å². The second kappa shape index (κ2) is 5.94. The molecule has 102 valence electrons. The van der Waals surface area contributed by atoms with Crippen molar-refractivity contribution < 1.29 is 0 Å². The van der Waals surface area contributed by atoms with Crippen LogP contribution in [0.1, 0.15) is 26.3 Å². The number of halogens is 1. The van der Waals surface area contributed by atoms with E-state index in [4.69, 9.17) is 11.6 Å². The minimum Gasteiger partial charge on any atom is -0.308 e. The number of aromatic nitrogens is 3. The van der Waals surface area contributed by atoms with E-state index in [0.717, 1.165) is 27.2 Å². The Labute approximate surface area is 122 Å². The topological polar surface area (TPSA) is 53.6 Å². The van der Waals surface area contributed by atoms with Gasteiger partial charge < -0.3 is 5.32 Å². The van der Waals surface area contributed by atoms with E-state index in [1.807, 2.05) is 18.2 Å². The summed E-state index contributed by atoms with van der Waals surface area (Å²) in [7, 11) is 0. The molecule has 1 heterocycles. The highest BCUT2D eigenvalue weighted by Crippen LogP contribution is 2.28. The van der Waals surface area contributed by atoms with Crippen molar-refractivity contribution in [3.8, 4) is 0 Å². The van der Waals surface area contributed by atoms with E-state index < -0.39 is 0 Å². The predicted molar refractivity (Wildman–Crippen MR) is 78.6 cm³/mol. The first-order valence-electron chi connectivity index (χ1n) is 6.01. The maximum absolute atomic E-state index is 6.30. The second-order valence-electron chi connectivity index (χ2n) is 5.25. The SMILES string of the molecule is CC(C)(C)NCc1ccc(Sc2ncn[nH]2)cc1Cl. The standard InChI is InChI=1S/C13H17ClN4S/c1-13(2,3)16-7-9-4-5-10(6-11(9)14)19-12-15-8-17-18-12/h4-6,8,16H,7H2,1-3H3,(H,15,17,18). The monoisotopic (exact) mass is 296 g/mol. The van der Waals surface area contributed by atoms with Crippen molar-refractivity contribution in [1.29, 1.82) is 0 Å². The fraction of sp³-hybridized carbons (Fsp3) is 0.385. The van der Waals surface area contributed by atoms with E-state index in [1.54, 1.807) is 0 Å². The summed E-state index contributed by atoms with van der Waals surface area (Å²) < 4.78 is 0. The Balaban J connectivity index is 2.04. The summed E-state index contributed by atoms with van der Waals surface area (Å²) in [5, 5.41) is 11.6. The molecule has 0 fully saturated rings. The summed E-state index contributed by atoms with van der Waals surface area (Å²) in [6.45, 7) is 7.16. The van der Waals surface area contributed by atoms with Gasteiger partial charge >= 0.3 is 0 Å². The maximum atomic E-state index is 6.30. The Bertz CT molecular complexity index is 534. The van der Waals surface area contributed by atoms with Gasteiger partial charge in [-0.2, -0.15) is 5.10 Å². The summed E-state index contributed by atoms with van der Waals surface area (Å²) >= 11 is 7.81. The van der Waals surface area contributed by atoms with Gasteiger partial charge in [-0.1, -0.05) is 29.4 Å². The van der Waals surface area contributed by atoms with Crippen molar-refractivity contribution in [1.82, 2.24) is 20.5 Å². The maximum Gasteiger partial charge on any atom is 0.188 e. The first kappa shape index (κ1) is 14.4. The van der Waals surface area contributed by atoms with E-state index in [9.17, 15) is 0 Å². The number of hydrogen-bond acceptors (Lipinski definition) is 4. The van der Waals surface area contributed by atoms with E-state index in [-0.39, 0.29) is 5.54 Å². The Kier molecular flexibility index (Phi) is 4.50. The number of H-pyrrole nitrogens is 1. The molecule has 0 saturated carbocycles. The number of benzene rings is 1. The lowest BCUT2D eigenvalue weighted by Gasteiger charge is -2.21. The van der Waals surface area contributed by atoms with Crippen LogP contribution in [0.25, 0.3) is 0 Å². The van der Waals surface area contributed by atoms with Crippen LogP contribution in [0.5, 0.6) is 0 Å². The number of hydrogen-bond donors (Lipinski definition) is 2. The van der Waals surface area contributed by atoms with Crippen molar-refractivity contribution in [3.05, 3.63) is 35.1 Å². The second-order valence-corrected chi connectivity index (χ2v) is 6.72. The van der Waals surface area contributed by atoms with Gasteiger partial charge in [-0.3, -0.25) is 5.10 Å². The van der Waals surface area contributed by atoms with Gasteiger partial charge in [0.15, 0.2) is 5.16 Å². The normalized spacial score (nSPS) is 11.8. The Morgan fingerprint density at radius 3 is 2.74 bits per heavy atom. The molecule has 1 aromatic heterocycles. The van der Waals surface area contributed by atoms with Crippen LogP contribution in [0.2, 0.25) is 5.02 Å². The zero-order valence-corrected chi connectivity index (χ0v) is 12.8. The molecule has 0 amide bonds. The van der Waals surface area contributed by atoms with Crippen LogP contribution >= 0.6 is 23.4 Å². The minimum absolute atomic E-state index is 0.0799. The summed E-state index contributed by atoms with van der Waals surface area (Å²) in [6, 6.07) is 6.03. The zero-order valence-electron chi connectivity index (χ0n) is 11.2. The smallest absolute Gasteiger partial charge is 0.188 e. The van der Waals surface area contributed by atoms with Gasteiger partial charge in [0.2, 0.25) is 0 Å². The molecule has 0 spiro atoms.